The molecular weight excluding hydrogens is 277 g/mol. The Labute approximate surface area is 113 Å². The van der Waals surface area contributed by atoms with Crippen LogP contribution in [0.1, 0.15) is 0 Å². The zero-order valence-electron chi connectivity index (χ0n) is 10.9. The van der Waals surface area contributed by atoms with Crippen LogP contribution in [-0.4, -0.2) is 60.9 Å². The minimum atomic E-state index is -4.19. The van der Waals surface area contributed by atoms with Gasteiger partial charge < -0.3 is 14.6 Å². The first kappa shape index (κ1) is 14.6. The molecule has 0 radical (unpaired) electrons. The highest BCUT2D eigenvalue weighted by Gasteiger charge is 2.32. The zero-order valence-corrected chi connectivity index (χ0v) is 10.9. The van der Waals surface area contributed by atoms with Gasteiger partial charge in [-0.05, 0) is 0 Å². The average Bonchev–Trinajstić information content (AvgIpc) is 2.37. The molecule has 0 unspecified atom stereocenters. The Morgan fingerprint density at radius 2 is 2.00 bits per heavy atom. The molecule has 1 aliphatic rings. The molecule has 6 nitrogen and oxygen atoms in total. The van der Waals surface area contributed by atoms with Gasteiger partial charge in [0, 0.05) is 26.2 Å². The molecule has 20 heavy (non-hydrogen) atoms. The lowest BCUT2D eigenvalue weighted by atomic mass is 10.3. The molecule has 9 heteroatoms. The molecule has 1 aromatic heterocycles. The Bertz CT molecular complexity index is 509. The molecule has 2 heterocycles. The van der Waals surface area contributed by atoms with E-state index in [4.69, 9.17) is 4.74 Å². The summed E-state index contributed by atoms with van der Waals surface area (Å²) in [6.07, 6.45) is -2.94. The minimum Gasteiger partial charge on any atom is -0.489 e. The summed E-state index contributed by atoms with van der Waals surface area (Å²) >= 11 is 0. The van der Waals surface area contributed by atoms with Gasteiger partial charge in [0.2, 0.25) is 5.75 Å². The van der Waals surface area contributed by atoms with Gasteiger partial charge in [-0.15, -0.1) is 0 Å². The highest BCUT2D eigenvalue weighted by molar-refractivity contribution is 5.50. The topological polar surface area (TPSA) is 61.5 Å². The number of nitrogens with one attached hydrogen (secondary N) is 1. The molecule has 112 valence electrons. The number of hydrogen-bond acceptors (Lipinski definition) is 5. The Morgan fingerprint density at radius 3 is 2.55 bits per heavy atom. The van der Waals surface area contributed by atoms with E-state index in [0.717, 1.165) is 0 Å². The summed E-state index contributed by atoms with van der Waals surface area (Å²) in [5.74, 6) is 0.444. The maximum absolute atomic E-state index is 12.3. The number of H-pyrrole nitrogens is 1. The SMILES string of the molecule is COc1c(N2CCN(CC(F)(F)F)CC2)nc[nH]c1=O. The minimum absolute atomic E-state index is 0.0803. The van der Waals surface area contributed by atoms with Crippen molar-refractivity contribution in [2.75, 3.05) is 44.7 Å². The number of aromatic nitrogens is 2. The van der Waals surface area contributed by atoms with E-state index in [1.54, 1.807) is 4.90 Å². The Hall–Kier alpha value is -1.77. The first-order chi connectivity index (χ1) is 9.40. The summed E-state index contributed by atoms with van der Waals surface area (Å²) in [7, 11) is 1.36. The molecule has 0 spiro atoms. The van der Waals surface area contributed by atoms with E-state index in [9.17, 15) is 18.0 Å². The van der Waals surface area contributed by atoms with E-state index in [1.807, 2.05) is 0 Å². The normalized spacial score (nSPS) is 17.3. The van der Waals surface area contributed by atoms with Crippen LogP contribution in [0.2, 0.25) is 0 Å². The van der Waals surface area contributed by atoms with Crippen LogP contribution >= 0.6 is 0 Å². The predicted molar refractivity (Wildman–Crippen MR) is 66.1 cm³/mol. The number of piperazine rings is 1. The number of hydrogen-bond donors (Lipinski definition) is 1. The van der Waals surface area contributed by atoms with Crippen molar-refractivity contribution in [3.63, 3.8) is 0 Å². The molecule has 1 aromatic rings. The van der Waals surface area contributed by atoms with E-state index in [0.29, 0.717) is 18.9 Å². The predicted octanol–water partition coefficient (Wildman–Crippen LogP) is 0.463. The molecule has 0 aromatic carbocycles. The molecule has 1 N–H and O–H groups in total. The molecule has 0 bridgehead atoms. The molecule has 0 amide bonds. The second-order valence-corrected chi connectivity index (χ2v) is 4.47. The third-order valence-electron chi connectivity index (χ3n) is 3.07. The van der Waals surface area contributed by atoms with Crippen molar-refractivity contribution in [1.29, 1.82) is 0 Å². The molecule has 0 saturated carbocycles. The lowest BCUT2D eigenvalue weighted by Crippen LogP contribution is -2.49. The standard InChI is InChI=1S/C11H15F3N4O2/c1-20-8-9(15-7-16-10(8)19)18-4-2-17(3-5-18)6-11(12,13)14/h7H,2-6H2,1H3,(H,15,16,19). The number of alkyl halides is 3. The number of methoxy groups -OCH3 is 1. The van der Waals surface area contributed by atoms with Crippen LogP contribution in [-0.2, 0) is 0 Å². The van der Waals surface area contributed by atoms with Crippen molar-refractivity contribution in [3.05, 3.63) is 16.7 Å². The fourth-order valence-electron chi connectivity index (χ4n) is 2.16. The van der Waals surface area contributed by atoms with Gasteiger partial charge in [0.25, 0.3) is 5.56 Å². The molecule has 1 fully saturated rings. The molecule has 0 atom stereocenters. The van der Waals surface area contributed by atoms with Crippen LogP contribution in [0.25, 0.3) is 0 Å². The van der Waals surface area contributed by atoms with Gasteiger partial charge in [-0.25, -0.2) is 4.98 Å². The van der Waals surface area contributed by atoms with Gasteiger partial charge in [0.1, 0.15) is 0 Å². The van der Waals surface area contributed by atoms with E-state index in [1.165, 1.54) is 18.3 Å². The van der Waals surface area contributed by atoms with Crippen LogP contribution in [0.15, 0.2) is 11.1 Å². The third-order valence-corrected chi connectivity index (χ3v) is 3.07. The Morgan fingerprint density at radius 1 is 1.35 bits per heavy atom. The summed E-state index contributed by atoms with van der Waals surface area (Å²) in [6.45, 7) is 0.334. The second kappa shape index (κ2) is 5.70. The van der Waals surface area contributed by atoms with Crippen molar-refractivity contribution in [2.24, 2.45) is 0 Å². The maximum atomic E-state index is 12.3. The summed E-state index contributed by atoms with van der Waals surface area (Å²) in [5.41, 5.74) is -0.407. The highest BCUT2D eigenvalue weighted by atomic mass is 19.4. The van der Waals surface area contributed by atoms with Crippen molar-refractivity contribution >= 4 is 5.82 Å². The quantitative estimate of drug-likeness (QED) is 0.877. The summed E-state index contributed by atoms with van der Waals surface area (Å²) < 4.78 is 41.9. The van der Waals surface area contributed by atoms with Crippen molar-refractivity contribution in [3.8, 4) is 5.75 Å². The smallest absolute Gasteiger partial charge is 0.401 e. The van der Waals surface area contributed by atoms with Crippen molar-refractivity contribution < 1.29 is 17.9 Å². The van der Waals surface area contributed by atoms with E-state index < -0.39 is 18.3 Å². The van der Waals surface area contributed by atoms with Crippen LogP contribution in [0, 0.1) is 0 Å². The van der Waals surface area contributed by atoms with Gasteiger partial charge >= 0.3 is 6.18 Å². The number of halogens is 3. The zero-order chi connectivity index (χ0) is 14.8. The van der Waals surface area contributed by atoms with E-state index in [2.05, 4.69) is 9.97 Å². The lowest BCUT2D eigenvalue weighted by Gasteiger charge is -2.35. The largest absolute Gasteiger partial charge is 0.489 e. The molecule has 0 aliphatic carbocycles. The molecule has 1 aliphatic heterocycles. The molecular formula is C11H15F3N4O2. The van der Waals surface area contributed by atoms with Crippen LogP contribution in [0.5, 0.6) is 5.75 Å². The highest BCUT2D eigenvalue weighted by Crippen LogP contribution is 2.23. The summed E-state index contributed by atoms with van der Waals surface area (Å²) in [4.78, 5) is 21.1. The Balaban J connectivity index is 2.04. The monoisotopic (exact) mass is 292 g/mol. The number of nitrogens with zero attached hydrogens (tertiary/aromatic N) is 3. The first-order valence-corrected chi connectivity index (χ1v) is 6.06. The fourth-order valence-corrected chi connectivity index (χ4v) is 2.16. The summed E-state index contributed by atoms with van der Waals surface area (Å²) in [6, 6.07) is 0. The van der Waals surface area contributed by atoms with Gasteiger partial charge in [-0.2, -0.15) is 13.2 Å². The second-order valence-electron chi connectivity index (χ2n) is 4.47. The fraction of sp³-hybridized carbons (Fsp3) is 0.636. The molecule has 1 saturated heterocycles. The Kier molecular flexibility index (Phi) is 4.17. The van der Waals surface area contributed by atoms with Crippen LogP contribution in [0.3, 0.4) is 0 Å². The van der Waals surface area contributed by atoms with Gasteiger partial charge in [0.05, 0.1) is 20.0 Å². The number of anilines is 1. The van der Waals surface area contributed by atoms with Crippen molar-refractivity contribution in [2.45, 2.75) is 6.18 Å². The number of ether oxygens (including phenoxy) is 1. The first-order valence-electron chi connectivity index (χ1n) is 6.06. The van der Waals surface area contributed by atoms with Crippen LogP contribution < -0.4 is 15.2 Å². The lowest BCUT2D eigenvalue weighted by molar-refractivity contribution is -0.146. The van der Waals surface area contributed by atoms with Crippen LogP contribution in [0.4, 0.5) is 19.0 Å². The average molecular weight is 292 g/mol. The van der Waals surface area contributed by atoms with Crippen molar-refractivity contribution in [1.82, 2.24) is 14.9 Å². The summed E-state index contributed by atoms with van der Waals surface area (Å²) in [5, 5.41) is 0. The van der Waals surface area contributed by atoms with Gasteiger partial charge in [-0.1, -0.05) is 0 Å². The third kappa shape index (κ3) is 3.41. The van der Waals surface area contributed by atoms with E-state index >= 15 is 0 Å². The van der Waals surface area contributed by atoms with Gasteiger partial charge in [-0.3, -0.25) is 9.69 Å². The number of rotatable bonds is 3. The molecule has 2 rings (SSSR count). The van der Waals surface area contributed by atoms with Gasteiger partial charge in [0.15, 0.2) is 5.82 Å². The number of aromatic amines is 1. The van der Waals surface area contributed by atoms with E-state index in [-0.39, 0.29) is 18.8 Å². The maximum Gasteiger partial charge on any atom is 0.401 e.